The fourth-order valence-electron chi connectivity index (χ4n) is 3.76. The quantitative estimate of drug-likeness (QED) is 0.881. The van der Waals surface area contributed by atoms with E-state index in [2.05, 4.69) is 38.3 Å². The van der Waals surface area contributed by atoms with Gasteiger partial charge in [-0.25, -0.2) is 4.68 Å². The number of fused-ring (bicyclic) bond motifs is 1. The molecule has 1 atom stereocenters. The number of likely N-dealkylation sites (tertiary alicyclic amines) is 1. The van der Waals surface area contributed by atoms with Crippen molar-refractivity contribution in [3.05, 3.63) is 11.8 Å². The van der Waals surface area contributed by atoms with Crippen LogP contribution < -0.4 is 10.6 Å². The van der Waals surface area contributed by atoms with Gasteiger partial charge < -0.3 is 15.5 Å². The zero-order valence-corrected chi connectivity index (χ0v) is 13.0. The van der Waals surface area contributed by atoms with Crippen molar-refractivity contribution in [3.8, 4) is 0 Å². The Morgan fingerprint density at radius 2 is 2.10 bits per heavy atom. The Balaban J connectivity index is 1.23. The Bertz CT molecular complexity index is 485. The van der Waals surface area contributed by atoms with Crippen molar-refractivity contribution >= 4 is 5.82 Å². The lowest BCUT2D eigenvalue weighted by atomic mass is 10.0. The first-order valence-electron chi connectivity index (χ1n) is 8.53. The van der Waals surface area contributed by atoms with Gasteiger partial charge in [0.05, 0.1) is 5.69 Å². The van der Waals surface area contributed by atoms with Crippen LogP contribution in [-0.4, -0.2) is 52.9 Å². The van der Waals surface area contributed by atoms with E-state index in [1.807, 2.05) is 0 Å². The molecule has 0 aromatic carbocycles. The smallest absolute Gasteiger partial charge is 0.124 e. The summed E-state index contributed by atoms with van der Waals surface area (Å²) in [4.78, 5) is 2.69. The van der Waals surface area contributed by atoms with Gasteiger partial charge in [-0.15, -0.1) is 0 Å². The van der Waals surface area contributed by atoms with Crippen molar-refractivity contribution in [2.75, 3.05) is 31.5 Å². The maximum atomic E-state index is 4.55. The molecule has 1 aromatic rings. The highest BCUT2D eigenvalue weighted by molar-refractivity contribution is 5.38. The Labute approximate surface area is 127 Å². The summed E-state index contributed by atoms with van der Waals surface area (Å²) in [5.41, 5.74) is 1.11. The summed E-state index contributed by atoms with van der Waals surface area (Å²) < 4.78 is 2.13. The van der Waals surface area contributed by atoms with E-state index < -0.39 is 0 Å². The molecular formula is C16H27N5. The van der Waals surface area contributed by atoms with E-state index >= 15 is 0 Å². The summed E-state index contributed by atoms with van der Waals surface area (Å²) in [5, 5.41) is 11.9. The minimum atomic E-state index is 0.651. The lowest BCUT2D eigenvalue weighted by Crippen LogP contribution is -2.46. The maximum absolute atomic E-state index is 4.55. The molecule has 1 saturated heterocycles. The molecule has 1 aliphatic carbocycles. The molecule has 2 fully saturated rings. The molecule has 1 aromatic heterocycles. The Morgan fingerprint density at radius 3 is 2.86 bits per heavy atom. The van der Waals surface area contributed by atoms with Gasteiger partial charge in [-0.2, -0.15) is 5.10 Å². The van der Waals surface area contributed by atoms with Crippen molar-refractivity contribution in [2.24, 2.45) is 5.92 Å². The Hall–Kier alpha value is -1.07. The number of anilines is 1. The Kier molecular flexibility index (Phi) is 3.63. The second-order valence-electron chi connectivity index (χ2n) is 7.05. The van der Waals surface area contributed by atoms with Gasteiger partial charge >= 0.3 is 0 Å². The fraction of sp³-hybridized carbons (Fsp3) is 0.812. The lowest BCUT2D eigenvalue weighted by molar-refractivity contribution is 0.185. The van der Waals surface area contributed by atoms with Crippen LogP contribution in [0.3, 0.4) is 0 Å². The summed E-state index contributed by atoms with van der Waals surface area (Å²) in [5.74, 6) is 1.83. The largest absolute Gasteiger partial charge is 0.370 e. The zero-order valence-electron chi connectivity index (χ0n) is 13.0. The number of hydrogen-bond acceptors (Lipinski definition) is 4. The third-order valence-electron chi connectivity index (χ3n) is 5.19. The SMILES string of the molecule is Cc1cc2n(n1)CC(CNC1CCN(C3CC3)CC1)CN2. The van der Waals surface area contributed by atoms with Crippen molar-refractivity contribution in [1.29, 1.82) is 0 Å². The highest BCUT2D eigenvalue weighted by Crippen LogP contribution is 2.29. The number of piperidine rings is 1. The lowest BCUT2D eigenvalue weighted by Gasteiger charge is -2.34. The molecule has 3 heterocycles. The first kappa shape index (κ1) is 13.6. The van der Waals surface area contributed by atoms with Gasteiger partial charge in [-0.3, -0.25) is 0 Å². The van der Waals surface area contributed by atoms with E-state index in [0.717, 1.165) is 37.4 Å². The van der Waals surface area contributed by atoms with Gasteiger partial charge in [0.25, 0.3) is 0 Å². The van der Waals surface area contributed by atoms with Crippen molar-refractivity contribution in [3.63, 3.8) is 0 Å². The number of aromatic nitrogens is 2. The molecule has 1 saturated carbocycles. The molecule has 0 bridgehead atoms. The number of hydrogen-bond donors (Lipinski definition) is 2. The zero-order chi connectivity index (χ0) is 14.2. The van der Waals surface area contributed by atoms with E-state index in [1.165, 1.54) is 44.6 Å². The molecule has 5 nitrogen and oxygen atoms in total. The minimum absolute atomic E-state index is 0.651. The third kappa shape index (κ3) is 3.09. The van der Waals surface area contributed by atoms with Crippen LogP contribution in [0, 0.1) is 12.8 Å². The first-order valence-corrected chi connectivity index (χ1v) is 8.53. The normalized spacial score (nSPS) is 27.4. The molecule has 2 aliphatic heterocycles. The van der Waals surface area contributed by atoms with Crippen LogP contribution in [0.25, 0.3) is 0 Å². The second-order valence-corrected chi connectivity index (χ2v) is 7.05. The van der Waals surface area contributed by atoms with E-state index in [4.69, 9.17) is 0 Å². The average Bonchev–Trinajstić information content (AvgIpc) is 3.27. The summed E-state index contributed by atoms with van der Waals surface area (Å²) >= 11 is 0. The number of aryl methyl sites for hydroxylation is 1. The molecule has 1 unspecified atom stereocenters. The van der Waals surface area contributed by atoms with Crippen LogP contribution in [0.4, 0.5) is 5.82 Å². The van der Waals surface area contributed by atoms with Crippen molar-refractivity contribution in [1.82, 2.24) is 20.0 Å². The topological polar surface area (TPSA) is 45.1 Å². The average molecular weight is 289 g/mol. The number of rotatable bonds is 4. The van der Waals surface area contributed by atoms with Gasteiger partial charge in [0.2, 0.25) is 0 Å². The summed E-state index contributed by atoms with van der Waals surface area (Å²) in [6.45, 7) is 7.89. The van der Waals surface area contributed by atoms with Crippen LogP contribution in [0.15, 0.2) is 6.07 Å². The van der Waals surface area contributed by atoms with E-state index in [9.17, 15) is 0 Å². The van der Waals surface area contributed by atoms with Gasteiger partial charge in [0.15, 0.2) is 0 Å². The minimum Gasteiger partial charge on any atom is -0.370 e. The van der Waals surface area contributed by atoms with Gasteiger partial charge in [-0.05, 0) is 45.7 Å². The molecule has 3 aliphatic rings. The molecule has 0 amide bonds. The maximum Gasteiger partial charge on any atom is 0.124 e. The molecular weight excluding hydrogens is 262 g/mol. The number of nitrogens with one attached hydrogen (secondary N) is 2. The second kappa shape index (κ2) is 5.61. The van der Waals surface area contributed by atoms with Crippen LogP contribution in [-0.2, 0) is 6.54 Å². The highest BCUT2D eigenvalue weighted by atomic mass is 15.3. The van der Waals surface area contributed by atoms with E-state index in [0.29, 0.717) is 5.92 Å². The monoisotopic (exact) mass is 289 g/mol. The van der Waals surface area contributed by atoms with Crippen LogP contribution in [0.5, 0.6) is 0 Å². The Morgan fingerprint density at radius 1 is 1.29 bits per heavy atom. The summed E-state index contributed by atoms with van der Waals surface area (Å²) in [7, 11) is 0. The molecule has 4 rings (SSSR count). The molecule has 21 heavy (non-hydrogen) atoms. The molecule has 2 N–H and O–H groups in total. The molecule has 116 valence electrons. The molecule has 0 radical (unpaired) electrons. The molecule has 5 heteroatoms. The van der Waals surface area contributed by atoms with Gasteiger partial charge in [0, 0.05) is 43.7 Å². The predicted molar refractivity (Wildman–Crippen MR) is 84.6 cm³/mol. The standard InChI is InChI=1S/C16H27N5/c1-12-8-16-18-10-13(11-21(16)19-12)9-17-14-4-6-20(7-5-14)15-2-3-15/h8,13-15,17-18H,2-7,9-11H2,1H3. The third-order valence-corrected chi connectivity index (χ3v) is 5.19. The van der Waals surface area contributed by atoms with Crippen LogP contribution in [0.1, 0.15) is 31.4 Å². The van der Waals surface area contributed by atoms with Crippen molar-refractivity contribution < 1.29 is 0 Å². The van der Waals surface area contributed by atoms with Crippen LogP contribution in [0.2, 0.25) is 0 Å². The summed E-state index contributed by atoms with van der Waals surface area (Å²) in [6.07, 6.45) is 5.53. The van der Waals surface area contributed by atoms with Gasteiger partial charge in [0.1, 0.15) is 5.82 Å². The van der Waals surface area contributed by atoms with Crippen molar-refractivity contribution in [2.45, 2.75) is 51.2 Å². The number of nitrogens with zero attached hydrogens (tertiary/aromatic N) is 3. The van der Waals surface area contributed by atoms with Gasteiger partial charge in [-0.1, -0.05) is 0 Å². The van der Waals surface area contributed by atoms with Crippen LogP contribution >= 0.6 is 0 Å². The first-order chi connectivity index (χ1) is 10.3. The predicted octanol–water partition coefficient (Wildman–Crippen LogP) is 1.45. The van der Waals surface area contributed by atoms with E-state index in [-0.39, 0.29) is 0 Å². The fourth-order valence-corrected chi connectivity index (χ4v) is 3.76. The highest BCUT2D eigenvalue weighted by Gasteiger charge is 2.31. The van der Waals surface area contributed by atoms with E-state index in [1.54, 1.807) is 0 Å². The summed E-state index contributed by atoms with van der Waals surface area (Å²) in [6, 6.07) is 3.80. The molecule has 0 spiro atoms.